The number of aromatic nitrogens is 1. The molecule has 106 valence electrons. The van der Waals surface area contributed by atoms with Crippen LogP contribution in [-0.2, 0) is 10.0 Å². The highest BCUT2D eigenvalue weighted by Gasteiger charge is 2.38. The molecule has 0 radical (unpaired) electrons. The molecule has 0 spiro atoms. The van der Waals surface area contributed by atoms with E-state index in [0.29, 0.717) is 18.8 Å². The lowest BCUT2D eigenvalue weighted by Crippen LogP contribution is -2.34. The fraction of sp³-hybridized carbons (Fsp3) is 0.583. The third-order valence-electron chi connectivity index (χ3n) is 3.15. The number of rotatable bonds is 4. The lowest BCUT2D eigenvalue weighted by molar-refractivity contribution is 0.0762. The van der Waals surface area contributed by atoms with Gasteiger partial charge in [-0.05, 0) is 32.4 Å². The molecule has 19 heavy (non-hydrogen) atoms. The fourth-order valence-electron chi connectivity index (χ4n) is 2.08. The van der Waals surface area contributed by atoms with Gasteiger partial charge in [-0.25, -0.2) is 13.4 Å². The van der Waals surface area contributed by atoms with E-state index in [1.807, 2.05) is 6.92 Å². The highest BCUT2D eigenvalue weighted by molar-refractivity contribution is 7.89. The fourth-order valence-corrected chi connectivity index (χ4v) is 3.58. The second-order valence-electron chi connectivity index (χ2n) is 5.00. The van der Waals surface area contributed by atoms with Crippen LogP contribution < -0.4 is 5.32 Å². The summed E-state index contributed by atoms with van der Waals surface area (Å²) in [6.07, 6.45) is 1.80. The van der Waals surface area contributed by atoms with Crippen molar-refractivity contribution in [3.63, 3.8) is 0 Å². The molecule has 1 aromatic rings. The molecule has 1 aromatic heterocycles. The average Bonchev–Trinajstić information content (AvgIpc) is 2.71. The van der Waals surface area contributed by atoms with Crippen LogP contribution in [0.3, 0.4) is 0 Å². The summed E-state index contributed by atoms with van der Waals surface area (Å²) in [7, 11) is -3.56. The summed E-state index contributed by atoms with van der Waals surface area (Å²) in [4.78, 5) is 4.22. The van der Waals surface area contributed by atoms with Crippen molar-refractivity contribution in [1.29, 1.82) is 0 Å². The van der Waals surface area contributed by atoms with Crippen LogP contribution in [-0.4, -0.2) is 48.0 Å². The van der Waals surface area contributed by atoms with Gasteiger partial charge in [0.1, 0.15) is 10.7 Å². The first-order chi connectivity index (χ1) is 8.85. The molecule has 0 bridgehead atoms. The van der Waals surface area contributed by atoms with E-state index in [-0.39, 0.29) is 11.4 Å². The van der Waals surface area contributed by atoms with E-state index in [4.69, 9.17) is 0 Å². The molecule has 0 aromatic carbocycles. The number of sulfonamides is 1. The summed E-state index contributed by atoms with van der Waals surface area (Å²) in [6, 6.07) is 3.18. The van der Waals surface area contributed by atoms with E-state index >= 15 is 0 Å². The minimum atomic E-state index is -3.56. The first kappa shape index (κ1) is 14.2. The Morgan fingerprint density at radius 2 is 2.26 bits per heavy atom. The number of anilines is 1. The van der Waals surface area contributed by atoms with Crippen LogP contribution in [0, 0.1) is 0 Å². The van der Waals surface area contributed by atoms with Crippen molar-refractivity contribution in [3.8, 4) is 0 Å². The molecule has 2 N–H and O–H groups in total. The Hall–Kier alpha value is -1.18. The van der Waals surface area contributed by atoms with Crippen LogP contribution in [0.4, 0.5) is 5.82 Å². The molecule has 1 fully saturated rings. The van der Waals surface area contributed by atoms with Crippen molar-refractivity contribution in [2.24, 2.45) is 0 Å². The summed E-state index contributed by atoms with van der Waals surface area (Å²) >= 11 is 0. The van der Waals surface area contributed by atoms with Crippen LogP contribution in [0.2, 0.25) is 0 Å². The van der Waals surface area contributed by atoms with E-state index in [2.05, 4.69) is 10.3 Å². The number of aliphatic hydroxyl groups is 1. The third-order valence-corrected chi connectivity index (χ3v) is 4.98. The predicted molar refractivity (Wildman–Crippen MR) is 72.4 cm³/mol. The Morgan fingerprint density at radius 1 is 1.53 bits per heavy atom. The van der Waals surface area contributed by atoms with Gasteiger partial charge < -0.3 is 10.4 Å². The van der Waals surface area contributed by atoms with Gasteiger partial charge in [-0.1, -0.05) is 0 Å². The molecule has 1 unspecified atom stereocenters. The van der Waals surface area contributed by atoms with Crippen molar-refractivity contribution >= 4 is 15.8 Å². The minimum absolute atomic E-state index is 0.129. The van der Waals surface area contributed by atoms with E-state index in [9.17, 15) is 13.5 Å². The van der Waals surface area contributed by atoms with Crippen molar-refractivity contribution in [2.75, 3.05) is 25.0 Å². The van der Waals surface area contributed by atoms with E-state index in [1.54, 1.807) is 13.0 Å². The Kier molecular flexibility index (Phi) is 3.80. The van der Waals surface area contributed by atoms with Gasteiger partial charge in [0.25, 0.3) is 0 Å². The lowest BCUT2D eigenvalue weighted by Gasteiger charge is -2.18. The Balaban J connectivity index is 2.20. The second kappa shape index (κ2) is 5.07. The zero-order valence-corrected chi connectivity index (χ0v) is 11.9. The van der Waals surface area contributed by atoms with Crippen LogP contribution in [0.1, 0.15) is 20.3 Å². The Bertz CT molecular complexity index is 540. The predicted octanol–water partition coefficient (Wildman–Crippen LogP) is 0.659. The number of pyridine rings is 1. The molecule has 1 aliphatic rings. The van der Waals surface area contributed by atoms with E-state index in [1.165, 1.54) is 16.6 Å². The molecule has 1 aliphatic heterocycles. The molecule has 6 nitrogen and oxygen atoms in total. The molecule has 1 atom stereocenters. The monoisotopic (exact) mass is 285 g/mol. The molecule has 0 amide bonds. The normalized spacial score (nSPS) is 24.6. The summed E-state index contributed by atoms with van der Waals surface area (Å²) < 4.78 is 26.0. The highest BCUT2D eigenvalue weighted by Crippen LogP contribution is 2.26. The number of hydrogen-bond acceptors (Lipinski definition) is 5. The van der Waals surface area contributed by atoms with Gasteiger partial charge in [-0.2, -0.15) is 4.31 Å². The molecular formula is C12H19N3O3S. The number of hydrogen-bond donors (Lipinski definition) is 2. The smallest absolute Gasteiger partial charge is 0.244 e. The summed E-state index contributed by atoms with van der Waals surface area (Å²) in [5.41, 5.74) is -0.940. The van der Waals surface area contributed by atoms with Crippen LogP contribution in [0.5, 0.6) is 0 Å². The second-order valence-corrected chi connectivity index (χ2v) is 6.93. The zero-order chi connectivity index (χ0) is 14.1. The average molecular weight is 285 g/mol. The molecule has 1 saturated heterocycles. The van der Waals surface area contributed by atoms with E-state index < -0.39 is 15.6 Å². The molecule has 0 saturated carbocycles. The number of nitrogens with one attached hydrogen (secondary N) is 1. The van der Waals surface area contributed by atoms with Gasteiger partial charge in [0.15, 0.2) is 0 Å². The quantitative estimate of drug-likeness (QED) is 0.849. The van der Waals surface area contributed by atoms with Crippen LogP contribution >= 0.6 is 0 Å². The first-order valence-corrected chi connectivity index (χ1v) is 7.72. The molecular weight excluding hydrogens is 266 g/mol. The van der Waals surface area contributed by atoms with Gasteiger partial charge >= 0.3 is 0 Å². The van der Waals surface area contributed by atoms with Gasteiger partial charge in [0.2, 0.25) is 10.0 Å². The highest BCUT2D eigenvalue weighted by atomic mass is 32.2. The van der Waals surface area contributed by atoms with E-state index in [0.717, 1.165) is 6.54 Å². The molecule has 0 aliphatic carbocycles. The molecule has 2 rings (SSSR count). The van der Waals surface area contributed by atoms with Gasteiger partial charge in [0, 0.05) is 25.8 Å². The van der Waals surface area contributed by atoms with Gasteiger partial charge in [0.05, 0.1) is 5.60 Å². The lowest BCUT2D eigenvalue weighted by atomic mass is 10.1. The SMILES string of the molecule is CCNc1ccc(S(=O)(=O)N2CCC(C)(O)C2)cn1. The maximum atomic E-state index is 12.3. The maximum Gasteiger partial charge on any atom is 0.244 e. The van der Waals surface area contributed by atoms with Crippen molar-refractivity contribution in [3.05, 3.63) is 18.3 Å². The minimum Gasteiger partial charge on any atom is -0.389 e. The van der Waals surface area contributed by atoms with Crippen molar-refractivity contribution in [2.45, 2.75) is 30.8 Å². The van der Waals surface area contributed by atoms with Crippen molar-refractivity contribution in [1.82, 2.24) is 9.29 Å². The third kappa shape index (κ3) is 3.05. The molecule has 7 heteroatoms. The van der Waals surface area contributed by atoms with Crippen molar-refractivity contribution < 1.29 is 13.5 Å². The standard InChI is InChI=1S/C12H19N3O3S/c1-3-13-11-5-4-10(8-14-11)19(17,18)15-7-6-12(2,16)9-15/h4-5,8,16H,3,6-7,9H2,1-2H3,(H,13,14). The summed E-state index contributed by atoms with van der Waals surface area (Å²) in [5.74, 6) is 0.648. The molecule has 2 heterocycles. The first-order valence-electron chi connectivity index (χ1n) is 6.28. The van der Waals surface area contributed by atoms with Crippen LogP contribution in [0.15, 0.2) is 23.2 Å². The Morgan fingerprint density at radius 3 is 2.74 bits per heavy atom. The van der Waals surface area contributed by atoms with Gasteiger partial charge in [-0.3, -0.25) is 0 Å². The van der Waals surface area contributed by atoms with Gasteiger partial charge in [-0.15, -0.1) is 0 Å². The topological polar surface area (TPSA) is 82.5 Å². The van der Waals surface area contributed by atoms with Crippen LogP contribution in [0.25, 0.3) is 0 Å². The number of nitrogens with zero attached hydrogens (tertiary/aromatic N) is 2. The summed E-state index contributed by atoms with van der Waals surface area (Å²) in [5, 5.41) is 12.9. The Labute approximate surface area is 113 Å². The zero-order valence-electron chi connectivity index (χ0n) is 11.1. The summed E-state index contributed by atoms with van der Waals surface area (Å²) in [6.45, 7) is 4.79. The maximum absolute atomic E-state index is 12.3. The number of β-amino-alcohol motifs (C(OH)–C–C–N with tert-alkyl or cyclic N) is 1. The largest absolute Gasteiger partial charge is 0.389 e.